The number of amides is 2. The monoisotopic (exact) mass is 528 g/mol. The summed E-state index contributed by atoms with van der Waals surface area (Å²) in [6.45, 7) is 9.57. The Morgan fingerprint density at radius 2 is 1.84 bits per heavy atom. The normalized spacial score (nSPS) is 18.6. The van der Waals surface area contributed by atoms with Crippen LogP contribution in [0.1, 0.15) is 60.3 Å². The van der Waals surface area contributed by atoms with Gasteiger partial charge >= 0.3 is 5.97 Å². The van der Waals surface area contributed by atoms with Gasteiger partial charge < -0.3 is 24.8 Å². The van der Waals surface area contributed by atoms with Gasteiger partial charge in [-0.2, -0.15) is 0 Å². The minimum absolute atomic E-state index is 0.0418. The number of ether oxygens (including phenoxy) is 3. The highest BCUT2D eigenvalue weighted by molar-refractivity contribution is 5.93. The summed E-state index contributed by atoms with van der Waals surface area (Å²) in [4.78, 5) is 37.0. The summed E-state index contributed by atoms with van der Waals surface area (Å²) in [5, 5.41) is 5.56. The van der Waals surface area contributed by atoms with E-state index in [9.17, 15) is 14.4 Å². The molecule has 0 aromatic carbocycles. The third-order valence-corrected chi connectivity index (χ3v) is 5.81. The van der Waals surface area contributed by atoms with Crippen LogP contribution < -0.4 is 10.6 Å². The molecule has 1 aliphatic heterocycles. The lowest BCUT2D eigenvalue weighted by Crippen LogP contribution is -2.52. The van der Waals surface area contributed by atoms with Crippen molar-refractivity contribution in [2.24, 2.45) is 5.41 Å². The van der Waals surface area contributed by atoms with Crippen LogP contribution in [0.25, 0.3) is 0 Å². The lowest BCUT2D eigenvalue weighted by molar-refractivity contribution is -0.149. The van der Waals surface area contributed by atoms with Crippen LogP contribution in [0.2, 0.25) is 0 Å². The number of rotatable bonds is 14. The molecule has 1 heterocycles. The number of esters is 1. The van der Waals surface area contributed by atoms with Gasteiger partial charge in [-0.05, 0) is 44.4 Å². The molecule has 2 amide bonds. The molecule has 0 aromatic heterocycles. The Labute approximate surface area is 227 Å². The molecule has 0 aromatic rings. The first kappa shape index (κ1) is 32.6. The maximum absolute atomic E-state index is 12.8. The number of carbonyl (C=O) groups excluding carboxylic acids is 3. The maximum atomic E-state index is 12.8. The van der Waals surface area contributed by atoms with Crippen LogP contribution in [-0.2, 0) is 28.6 Å². The fraction of sp³-hybridized carbons (Fsp3) is 0.500. The molecule has 1 aliphatic rings. The molecule has 0 saturated carbocycles. The second-order valence-electron chi connectivity index (χ2n) is 10.1. The summed E-state index contributed by atoms with van der Waals surface area (Å²) < 4.78 is 15.7. The Kier molecular flexibility index (Phi) is 14.8. The van der Waals surface area contributed by atoms with E-state index in [2.05, 4.69) is 10.6 Å². The zero-order valence-electron chi connectivity index (χ0n) is 23.8. The molecule has 0 bridgehead atoms. The fourth-order valence-corrected chi connectivity index (χ4v) is 3.51. The Morgan fingerprint density at radius 3 is 2.45 bits per heavy atom. The van der Waals surface area contributed by atoms with Crippen molar-refractivity contribution in [1.29, 1.82) is 0 Å². The second-order valence-corrected chi connectivity index (χ2v) is 10.1. The predicted octanol–water partition coefficient (Wildman–Crippen LogP) is 4.81. The van der Waals surface area contributed by atoms with Crippen LogP contribution in [0, 0.1) is 5.41 Å². The Morgan fingerprint density at radius 1 is 1.16 bits per heavy atom. The Bertz CT molecular complexity index is 966. The second kappa shape index (κ2) is 17.2. The van der Waals surface area contributed by atoms with Gasteiger partial charge in [-0.15, -0.1) is 0 Å². The van der Waals surface area contributed by atoms with E-state index < -0.39 is 17.4 Å². The molecular formula is C30H44N2O6. The molecule has 2 N–H and O–H groups in total. The van der Waals surface area contributed by atoms with Gasteiger partial charge in [0.15, 0.2) is 5.76 Å². The SMILES string of the molecule is C/C=C\CC(C/C=C\NC(=O)C(NC(=O)\C=C/C=C\C(C)=C\CC1CC=C(OC)C(=O)O1)C(C)(C)C)OC. The number of carbonyl (C=O) groups is 3. The van der Waals surface area contributed by atoms with Crippen molar-refractivity contribution in [3.63, 3.8) is 0 Å². The van der Waals surface area contributed by atoms with Crippen LogP contribution in [0.3, 0.4) is 0 Å². The first-order valence-electron chi connectivity index (χ1n) is 12.9. The zero-order chi connectivity index (χ0) is 28.6. The highest BCUT2D eigenvalue weighted by atomic mass is 16.6. The lowest BCUT2D eigenvalue weighted by Gasteiger charge is -2.29. The molecule has 8 heteroatoms. The lowest BCUT2D eigenvalue weighted by atomic mass is 9.86. The molecule has 3 unspecified atom stereocenters. The largest absolute Gasteiger partial charge is 0.490 e. The molecule has 3 atom stereocenters. The average Bonchev–Trinajstić information content (AvgIpc) is 2.87. The van der Waals surface area contributed by atoms with Crippen molar-refractivity contribution in [3.05, 3.63) is 72.2 Å². The summed E-state index contributed by atoms with van der Waals surface area (Å²) >= 11 is 0. The first-order chi connectivity index (χ1) is 18.0. The maximum Gasteiger partial charge on any atom is 0.373 e. The van der Waals surface area contributed by atoms with Gasteiger partial charge in [0.2, 0.25) is 11.8 Å². The molecule has 0 spiro atoms. The van der Waals surface area contributed by atoms with Crippen LogP contribution in [-0.4, -0.2) is 50.3 Å². The number of nitrogens with one attached hydrogen (secondary N) is 2. The van der Waals surface area contributed by atoms with E-state index in [1.54, 1.807) is 31.5 Å². The van der Waals surface area contributed by atoms with Gasteiger partial charge in [-0.25, -0.2) is 4.79 Å². The highest BCUT2D eigenvalue weighted by Gasteiger charge is 2.31. The molecule has 0 aliphatic carbocycles. The van der Waals surface area contributed by atoms with Crippen molar-refractivity contribution in [3.8, 4) is 0 Å². The third-order valence-electron chi connectivity index (χ3n) is 5.81. The minimum Gasteiger partial charge on any atom is -0.490 e. The Hall–Kier alpha value is -3.39. The van der Waals surface area contributed by atoms with E-state index >= 15 is 0 Å². The number of cyclic esters (lactones) is 1. The zero-order valence-corrected chi connectivity index (χ0v) is 23.8. The minimum atomic E-state index is -0.720. The molecule has 8 nitrogen and oxygen atoms in total. The van der Waals surface area contributed by atoms with Crippen LogP contribution in [0.5, 0.6) is 0 Å². The molecule has 1 rings (SSSR count). The molecular weight excluding hydrogens is 484 g/mol. The van der Waals surface area contributed by atoms with Crippen molar-refractivity contribution < 1.29 is 28.6 Å². The summed E-state index contributed by atoms with van der Waals surface area (Å²) in [6.07, 6.45) is 20.2. The van der Waals surface area contributed by atoms with Crippen LogP contribution >= 0.6 is 0 Å². The van der Waals surface area contributed by atoms with Crippen molar-refractivity contribution in [2.45, 2.75) is 78.6 Å². The number of hydrogen-bond acceptors (Lipinski definition) is 6. The number of allylic oxidation sites excluding steroid dienone is 5. The standard InChI is InChI=1S/C30H44N2O6/c1-8-9-14-23(36-6)15-12-21-31-28(34)27(30(3,4)5)32-26(33)16-11-10-13-22(2)17-18-24-19-20-25(37-7)29(35)38-24/h8-13,16-17,20-21,23-24,27H,14-15,18-19H2,1-7H3,(H,31,34)(H,32,33)/b9-8-,13-10-,16-11-,21-12-,22-17+. The van der Waals surface area contributed by atoms with E-state index in [4.69, 9.17) is 14.2 Å². The van der Waals surface area contributed by atoms with E-state index in [0.29, 0.717) is 19.3 Å². The average molecular weight is 529 g/mol. The predicted molar refractivity (Wildman–Crippen MR) is 150 cm³/mol. The summed E-state index contributed by atoms with van der Waals surface area (Å²) in [6, 6.07) is -0.720. The third kappa shape index (κ3) is 12.7. The van der Waals surface area contributed by atoms with E-state index in [1.807, 2.05) is 65.0 Å². The smallest absolute Gasteiger partial charge is 0.373 e. The molecule has 0 saturated heterocycles. The fourth-order valence-electron chi connectivity index (χ4n) is 3.51. The van der Waals surface area contributed by atoms with E-state index in [0.717, 1.165) is 12.0 Å². The van der Waals surface area contributed by atoms with Crippen LogP contribution in [0.15, 0.2) is 72.2 Å². The quantitative estimate of drug-likeness (QED) is 0.145. The topological polar surface area (TPSA) is 103 Å². The number of hydrogen-bond donors (Lipinski definition) is 2. The molecule has 0 fully saturated rings. The van der Waals surface area contributed by atoms with Gasteiger partial charge in [0.05, 0.1) is 13.2 Å². The summed E-state index contributed by atoms with van der Waals surface area (Å²) in [5.41, 5.74) is 0.479. The van der Waals surface area contributed by atoms with E-state index in [1.165, 1.54) is 13.2 Å². The molecule has 38 heavy (non-hydrogen) atoms. The summed E-state index contributed by atoms with van der Waals surface area (Å²) in [7, 11) is 3.11. The van der Waals surface area contributed by atoms with Crippen molar-refractivity contribution >= 4 is 17.8 Å². The van der Waals surface area contributed by atoms with Gasteiger partial charge in [0, 0.05) is 26.0 Å². The molecule has 210 valence electrons. The van der Waals surface area contributed by atoms with E-state index in [-0.39, 0.29) is 29.8 Å². The van der Waals surface area contributed by atoms with Gasteiger partial charge in [-0.3, -0.25) is 9.59 Å². The van der Waals surface area contributed by atoms with Gasteiger partial charge in [0.1, 0.15) is 12.1 Å². The first-order valence-corrected chi connectivity index (χ1v) is 12.9. The molecule has 0 radical (unpaired) electrons. The van der Waals surface area contributed by atoms with Gasteiger partial charge in [-0.1, -0.05) is 68.9 Å². The van der Waals surface area contributed by atoms with Crippen molar-refractivity contribution in [2.75, 3.05) is 14.2 Å². The van der Waals surface area contributed by atoms with Crippen molar-refractivity contribution in [1.82, 2.24) is 10.6 Å². The Balaban J connectivity index is 2.59. The highest BCUT2D eigenvalue weighted by Crippen LogP contribution is 2.20. The number of methoxy groups -OCH3 is 2. The van der Waals surface area contributed by atoms with Gasteiger partial charge in [0.25, 0.3) is 0 Å². The summed E-state index contributed by atoms with van der Waals surface area (Å²) in [5.74, 6) is -0.861. The van der Waals surface area contributed by atoms with Crippen LogP contribution in [0.4, 0.5) is 0 Å².